The monoisotopic (exact) mass is 362 g/mol. The van der Waals surface area contributed by atoms with Crippen molar-refractivity contribution in [1.82, 2.24) is 9.55 Å². The van der Waals surface area contributed by atoms with Crippen LogP contribution < -0.4 is 0 Å². The third kappa shape index (κ3) is 3.36. The number of rotatable bonds is 4. The number of hydrogen-bond acceptors (Lipinski definition) is 2. The van der Waals surface area contributed by atoms with Crippen molar-refractivity contribution in [2.45, 2.75) is 51.4 Å². The normalized spacial score (nSPS) is 14.7. The summed E-state index contributed by atoms with van der Waals surface area (Å²) in [6.07, 6.45) is 4.67. The molecular formula is C23H26N2O2. The van der Waals surface area contributed by atoms with Gasteiger partial charge in [-0.25, -0.2) is 4.79 Å². The predicted molar refractivity (Wildman–Crippen MR) is 108 cm³/mol. The first-order chi connectivity index (χ1) is 12.7. The number of carbonyl (C=O) groups is 1. The summed E-state index contributed by atoms with van der Waals surface area (Å²) < 4.78 is 2.24. The van der Waals surface area contributed by atoms with Gasteiger partial charge in [0, 0.05) is 41.7 Å². The van der Waals surface area contributed by atoms with E-state index in [1.165, 1.54) is 16.6 Å². The molecule has 0 aliphatic heterocycles. The number of fused-ring (bicyclic) bond motifs is 1. The lowest BCUT2D eigenvalue weighted by atomic mass is 9.92. The van der Waals surface area contributed by atoms with Gasteiger partial charge in [-0.2, -0.15) is 0 Å². The van der Waals surface area contributed by atoms with E-state index in [9.17, 15) is 9.90 Å². The predicted octanol–water partition coefficient (Wildman–Crippen LogP) is 5.04. The molecule has 1 aliphatic rings. The Hall–Kier alpha value is -2.62. The second-order valence-corrected chi connectivity index (χ2v) is 8.75. The summed E-state index contributed by atoms with van der Waals surface area (Å²) >= 11 is 0. The average molecular weight is 362 g/mol. The number of carboxylic acid groups (broad SMARTS) is 1. The van der Waals surface area contributed by atoms with Crippen LogP contribution in [-0.2, 0) is 18.9 Å². The second kappa shape index (κ2) is 6.22. The van der Waals surface area contributed by atoms with Crippen molar-refractivity contribution in [3.63, 3.8) is 0 Å². The Morgan fingerprint density at radius 3 is 2.59 bits per heavy atom. The van der Waals surface area contributed by atoms with Crippen LogP contribution in [-0.4, -0.2) is 20.6 Å². The number of hydrogen-bond donors (Lipinski definition) is 1. The van der Waals surface area contributed by atoms with Gasteiger partial charge in [0.05, 0.1) is 11.3 Å². The molecule has 3 aromatic rings. The van der Waals surface area contributed by atoms with Crippen LogP contribution in [0.4, 0.5) is 0 Å². The lowest BCUT2D eigenvalue weighted by molar-refractivity contribution is 0.0695. The van der Waals surface area contributed by atoms with E-state index in [0.29, 0.717) is 23.6 Å². The van der Waals surface area contributed by atoms with E-state index in [4.69, 9.17) is 0 Å². The molecule has 27 heavy (non-hydrogen) atoms. The molecule has 2 aromatic heterocycles. The van der Waals surface area contributed by atoms with Crippen LogP contribution in [0.15, 0.2) is 36.5 Å². The number of benzene rings is 1. The molecule has 0 radical (unpaired) electrons. The van der Waals surface area contributed by atoms with Gasteiger partial charge >= 0.3 is 5.97 Å². The zero-order valence-electron chi connectivity index (χ0n) is 16.4. The molecule has 1 fully saturated rings. The fourth-order valence-corrected chi connectivity index (χ4v) is 3.90. The van der Waals surface area contributed by atoms with Gasteiger partial charge in [-0.3, -0.25) is 4.98 Å². The Labute approximate surface area is 159 Å². The molecule has 1 aromatic carbocycles. The molecule has 4 heteroatoms. The maximum atomic E-state index is 11.7. The minimum Gasteiger partial charge on any atom is -0.478 e. The Morgan fingerprint density at radius 1 is 1.22 bits per heavy atom. The first-order valence-electron chi connectivity index (χ1n) is 9.55. The standard InChI is InChI=1S/C23H26N2O2/c1-23(2,3)21-12-16-9-14(5-8-20(16)25(21)4)10-19-18(22(26)27)11-17(13-24-19)15-6-7-15/h5,8-9,11-13,15H,6-7,10H2,1-4H3,(H,26,27). The van der Waals surface area contributed by atoms with Crippen molar-refractivity contribution >= 4 is 16.9 Å². The molecule has 0 unspecified atom stereocenters. The van der Waals surface area contributed by atoms with Crippen LogP contribution in [0, 0.1) is 0 Å². The van der Waals surface area contributed by atoms with Gasteiger partial charge in [0.2, 0.25) is 0 Å². The largest absolute Gasteiger partial charge is 0.478 e. The fraction of sp³-hybridized carbons (Fsp3) is 0.391. The number of aromatic carboxylic acids is 1. The summed E-state index contributed by atoms with van der Waals surface area (Å²) in [7, 11) is 2.10. The summed E-state index contributed by atoms with van der Waals surface area (Å²) in [5, 5.41) is 10.8. The number of aromatic nitrogens is 2. The summed E-state index contributed by atoms with van der Waals surface area (Å²) in [6.45, 7) is 6.64. The van der Waals surface area contributed by atoms with Crippen LogP contribution in [0.1, 0.15) is 72.4 Å². The zero-order chi connectivity index (χ0) is 19.3. The minimum atomic E-state index is -0.893. The third-order valence-electron chi connectivity index (χ3n) is 5.52. The lowest BCUT2D eigenvalue weighted by Crippen LogP contribution is -2.15. The van der Waals surface area contributed by atoms with E-state index in [0.717, 1.165) is 24.0 Å². The van der Waals surface area contributed by atoms with Gasteiger partial charge in [-0.15, -0.1) is 0 Å². The van der Waals surface area contributed by atoms with E-state index >= 15 is 0 Å². The van der Waals surface area contributed by atoms with E-state index in [1.807, 2.05) is 12.3 Å². The van der Waals surface area contributed by atoms with E-state index < -0.39 is 5.97 Å². The first-order valence-corrected chi connectivity index (χ1v) is 9.55. The van der Waals surface area contributed by atoms with Gasteiger partial charge in [-0.1, -0.05) is 26.8 Å². The van der Waals surface area contributed by atoms with Crippen LogP contribution in [0.25, 0.3) is 10.9 Å². The van der Waals surface area contributed by atoms with Crippen molar-refractivity contribution in [3.05, 3.63) is 64.6 Å². The Morgan fingerprint density at radius 2 is 1.96 bits per heavy atom. The topological polar surface area (TPSA) is 55.1 Å². The number of carboxylic acids is 1. The van der Waals surface area contributed by atoms with Gasteiger partial charge in [0.25, 0.3) is 0 Å². The minimum absolute atomic E-state index is 0.0740. The van der Waals surface area contributed by atoms with E-state index in [-0.39, 0.29) is 5.41 Å². The molecule has 1 saturated carbocycles. The highest BCUT2D eigenvalue weighted by Gasteiger charge is 2.26. The molecule has 0 spiro atoms. The molecule has 1 aliphatic carbocycles. The van der Waals surface area contributed by atoms with Crippen LogP contribution in [0.2, 0.25) is 0 Å². The van der Waals surface area contributed by atoms with Crippen molar-refractivity contribution in [3.8, 4) is 0 Å². The maximum Gasteiger partial charge on any atom is 0.337 e. The highest BCUT2D eigenvalue weighted by Crippen LogP contribution is 2.40. The fourth-order valence-electron chi connectivity index (χ4n) is 3.90. The Bertz CT molecular complexity index is 1040. The van der Waals surface area contributed by atoms with Crippen molar-refractivity contribution in [2.24, 2.45) is 7.05 Å². The summed E-state index contributed by atoms with van der Waals surface area (Å²) in [4.78, 5) is 16.2. The molecular weight excluding hydrogens is 336 g/mol. The SMILES string of the molecule is Cn1c(C(C)(C)C)cc2cc(Cc3ncc(C4CC4)cc3C(=O)O)ccc21. The second-order valence-electron chi connectivity index (χ2n) is 8.75. The maximum absolute atomic E-state index is 11.7. The molecule has 0 amide bonds. The van der Waals surface area contributed by atoms with Crippen molar-refractivity contribution in [1.29, 1.82) is 0 Å². The summed E-state index contributed by atoms with van der Waals surface area (Å²) in [6, 6.07) is 10.4. The highest BCUT2D eigenvalue weighted by molar-refractivity contribution is 5.89. The van der Waals surface area contributed by atoms with E-state index in [2.05, 4.69) is 61.6 Å². The number of nitrogens with zero attached hydrogens (tertiary/aromatic N) is 2. The molecule has 2 heterocycles. The molecule has 4 nitrogen and oxygen atoms in total. The van der Waals surface area contributed by atoms with Gasteiger partial charge in [-0.05, 0) is 54.2 Å². The van der Waals surface area contributed by atoms with Gasteiger partial charge in [0.1, 0.15) is 0 Å². The summed E-state index contributed by atoms with van der Waals surface area (Å²) in [5.74, 6) is -0.392. The number of aryl methyl sites for hydroxylation is 1. The molecule has 0 saturated heterocycles. The third-order valence-corrected chi connectivity index (χ3v) is 5.52. The van der Waals surface area contributed by atoms with E-state index in [1.54, 1.807) is 0 Å². The van der Waals surface area contributed by atoms with Crippen LogP contribution in [0.3, 0.4) is 0 Å². The molecule has 1 N–H and O–H groups in total. The van der Waals surface area contributed by atoms with Gasteiger partial charge < -0.3 is 9.67 Å². The first kappa shape index (κ1) is 17.8. The van der Waals surface area contributed by atoms with Crippen LogP contribution in [0.5, 0.6) is 0 Å². The van der Waals surface area contributed by atoms with Crippen molar-refractivity contribution < 1.29 is 9.90 Å². The molecule has 4 rings (SSSR count). The molecule has 0 bridgehead atoms. The number of pyridine rings is 1. The van der Waals surface area contributed by atoms with Gasteiger partial charge in [0.15, 0.2) is 0 Å². The lowest BCUT2D eigenvalue weighted by Gasteiger charge is -2.19. The molecule has 0 atom stereocenters. The Kier molecular flexibility index (Phi) is 4.10. The molecule has 140 valence electrons. The van der Waals surface area contributed by atoms with Crippen molar-refractivity contribution in [2.75, 3.05) is 0 Å². The quantitative estimate of drug-likeness (QED) is 0.707. The highest BCUT2D eigenvalue weighted by atomic mass is 16.4. The van der Waals surface area contributed by atoms with Crippen LogP contribution >= 0.6 is 0 Å². The average Bonchev–Trinajstić information content (AvgIpc) is 3.38. The smallest absolute Gasteiger partial charge is 0.337 e. The summed E-state index contributed by atoms with van der Waals surface area (Å²) in [5.41, 5.74) is 5.67. The zero-order valence-corrected chi connectivity index (χ0v) is 16.4. The Balaban J connectivity index is 1.70.